The van der Waals surface area contributed by atoms with E-state index in [0.29, 0.717) is 38.5 Å². The topological polar surface area (TPSA) is 54.3 Å². The van der Waals surface area contributed by atoms with Crippen LogP contribution in [-0.2, 0) is 16.0 Å². The zero-order valence-corrected chi connectivity index (χ0v) is 10.4. The zero-order valence-electron chi connectivity index (χ0n) is 10.4. The molecule has 4 nitrogen and oxygen atoms in total. The standard InChI is InChI=1S/C13H17FN2O2/c1-17-7-8-18-6-5-16-10-12-4-2-3-11(9-15)13(12)14/h2-4,16H,5-8,10H2,1H3. The van der Waals surface area contributed by atoms with E-state index in [2.05, 4.69) is 5.32 Å². The predicted molar refractivity (Wildman–Crippen MR) is 65.5 cm³/mol. The highest BCUT2D eigenvalue weighted by molar-refractivity contribution is 5.34. The Morgan fingerprint density at radius 2 is 2.17 bits per heavy atom. The summed E-state index contributed by atoms with van der Waals surface area (Å²) in [5.41, 5.74) is 0.566. The average molecular weight is 252 g/mol. The smallest absolute Gasteiger partial charge is 0.145 e. The quantitative estimate of drug-likeness (QED) is 0.711. The third-order valence-electron chi connectivity index (χ3n) is 2.37. The fraction of sp³-hybridized carbons (Fsp3) is 0.462. The van der Waals surface area contributed by atoms with Gasteiger partial charge < -0.3 is 14.8 Å². The molecular formula is C13H17FN2O2. The van der Waals surface area contributed by atoms with Gasteiger partial charge in [0.2, 0.25) is 0 Å². The first kappa shape index (κ1) is 14.6. The summed E-state index contributed by atoms with van der Waals surface area (Å²) in [5, 5.41) is 11.7. The van der Waals surface area contributed by atoms with Crippen LogP contribution >= 0.6 is 0 Å². The second kappa shape index (κ2) is 8.59. The Balaban J connectivity index is 2.26. The number of nitrogens with one attached hydrogen (secondary N) is 1. The molecule has 0 fully saturated rings. The third kappa shape index (κ3) is 4.80. The molecule has 0 atom stereocenters. The SMILES string of the molecule is COCCOCCNCc1cccc(C#N)c1F. The molecule has 0 radical (unpaired) electrons. The summed E-state index contributed by atoms with van der Waals surface area (Å²) in [6, 6.07) is 6.62. The largest absolute Gasteiger partial charge is 0.382 e. The Morgan fingerprint density at radius 3 is 2.89 bits per heavy atom. The van der Waals surface area contributed by atoms with Gasteiger partial charge in [-0.25, -0.2) is 4.39 Å². The number of rotatable bonds is 8. The molecule has 0 spiro atoms. The lowest BCUT2D eigenvalue weighted by Crippen LogP contribution is -2.20. The number of hydrogen-bond donors (Lipinski definition) is 1. The lowest BCUT2D eigenvalue weighted by molar-refractivity contribution is 0.0719. The van der Waals surface area contributed by atoms with E-state index >= 15 is 0 Å². The van der Waals surface area contributed by atoms with Gasteiger partial charge in [0, 0.05) is 25.8 Å². The molecule has 1 N–H and O–H groups in total. The molecule has 0 bridgehead atoms. The van der Waals surface area contributed by atoms with Crippen LogP contribution in [0, 0.1) is 17.1 Å². The fourth-order valence-electron chi connectivity index (χ4n) is 1.41. The van der Waals surface area contributed by atoms with Crippen molar-refractivity contribution in [3.8, 4) is 6.07 Å². The Labute approximate surface area is 106 Å². The van der Waals surface area contributed by atoms with Crippen LogP contribution in [0.15, 0.2) is 18.2 Å². The Bertz CT molecular complexity index is 404. The van der Waals surface area contributed by atoms with E-state index in [1.165, 1.54) is 6.07 Å². The minimum Gasteiger partial charge on any atom is -0.382 e. The van der Waals surface area contributed by atoms with Crippen molar-refractivity contribution < 1.29 is 13.9 Å². The van der Waals surface area contributed by atoms with E-state index in [-0.39, 0.29) is 5.56 Å². The first-order valence-corrected chi connectivity index (χ1v) is 5.74. The number of hydrogen-bond acceptors (Lipinski definition) is 4. The fourth-order valence-corrected chi connectivity index (χ4v) is 1.41. The number of halogens is 1. The molecule has 0 aliphatic carbocycles. The lowest BCUT2D eigenvalue weighted by atomic mass is 10.1. The molecule has 0 aromatic heterocycles. The lowest BCUT2D eigenvalue weighted by Gasteiger charge is -2.07. The maximum Gasteiger partial charge on any atom is 0.145 e. The Hall–Kier alpha value is -1.48. The summed E-state index contributed by atoms with van der Waals surface area (Å²) in [7, 11) is 1.62. The van der Waals surface area contributed by atoms with Crippen molar-refractivity contribution in [2.45, 2.75) is 6.54 Å². The van der Waals surface area contributed by atoms with Crippen molar-refractivity contribution in [2.24, 2.45) is 0 Å². The average Bonchev–Trinajstić information content (AvgIpc) is 2.39. The second-order valence-electron chi connectivity index (χ2n) is 3.67. The number of nitriles is 1. The van der Waals surface area contributed by atoms with Crippen LogP contribution in [0.3, 0.4) is 0 Å². The molecule has 0 saturated heterocycles. The Morgan fingerprint density at radius 1 is 1.33 bits per heavy atom. The van der Waals surface area contributed by atoms with Gasteiger partial charge in [0.15, 0.2) is 0 Å². The van der Waals surface area contributed by atoms with Crippen LogP contribution in [0.25, 0.3) is 0 Å². The van der Waals surface area contributed by atoms with Crippen molar-refractivity contribution in [1.82, 2.24) is 5.32 Å². The van der Waals surface area contributed by atoms with E-state index in [1.807, 2.05) is 6.07 Å². The summed E-state index contributed by atoms with van der Waals surface area (Å²) in [6.45, 7) is 2.67. The van der Waals surface area contributed by atoms with E-state index in [9.17, 15) is 4.39 Å². The van der Waals surface area contributed by atoms with Crippen LogP contribution in [-0.4, -0.2) is 33.5 Å². The zero-order chi connectivity index (χ0) is 13.2. The number of ether oxygens (including phenoxy) is 2. The summed E-state index contributed by atoms with van der Waals surface area (Å²) in [6.07, 6.45) is 0. The van der Waals surface area contributed by atoms with Crippen molar-refractivity contribution in [3.05, 3.63) is 35.1 Å². The summed E-state index contributed by atoms with van der Waals surface area (Å²) >= 11 is 0. The van der Waals surface area contributed by atoms with Crippen molar-refractivity contribution in [1.29, 1.82) is 5.26 Å². The van der Waals surface area contributed by atoms with Gasteiger partial charge in [0.1, 0.15) is 11.9 Å². The molecule has 0 aliphatic heterocycles. The maximum absolute atomic E-state index is 13.6. The van der Waals surface area contributed by atoms with E-state index in [4.69, 9.17) is 14.7 Å². The highest BCUT2D eigenvalue weighted by Crippen LogP contribution is 2.11. The molecule has 1 aromatic carbocycles. The molecule has 18 heavy (non-hydrogen) atoms. The molecule has 5 heteroatoms. The van der Waals surface area contributed by atoms with Crippen molar-refractivity contribution in [2.75, 3.05) is 33.5 Å². The first-order valence-electron chi connectivity index (χ1n) is 5.74. The van der Waals surface area contributed by atoms with Crippen LogP contribution in [0.2, 0.25) is 0 Å². The molecule has 1 rings (SSSR count). The van der Waals surface area contributed by atoms with Crippen LogP contribution in [0.4, 0.5) is 4.39 Å². The van der Waals surface area contributed by atoms with Crippen LogP contribution < -0.4 is 5.32 Å². The van der Waals surface area contributed by atoms with Gasteiger partial charge in [-0.1, -0.05) is 12.1 Å². The third-order valence-corrected chi connectivity index (χ3v) is 2.37. The maximum atomic E-state index is 13.6. The van der Waals surface area contributed by atoms with Gasteiger partial charge in [0.05, 0.1) is 25.4 Å². The molecular weight excluding hydrogens is 235 g/mol. The van der Waals surface area contributed by atoms with Gasteiger partial charge in [-0.2, -0.15) is 5.26 Å². The van der Waals surface area contributed by atoms with Gasteiger partial charge in [0.25, 0.3) is 0 Å². The monoisotopic (exact) mass is 252 g/mol. The van der Waals surface area contributed by atoms with E-state index in [0.717, 1.165) is 0 Å². The molecule has 0 saturated carbocycles. The van der Waals surface area contributed by atoms with Gasteiger partial charge in [-0.15, -0.1) is 0 Å². The van der Waals surface area contributed by atoms with Crippen LogP contribution in [0.5, 0.6) is 0 Å². The number of benzene rings is 1. The second-order valence-corrected chi connectivity index (χ2v) is 3.67. The molecule has 0 unspecified atom stereocenters. The van der Waals surface area contributed by atoms with E-state index < -0.39 is 5.82 Å². The van der Waals surface area contributed by atoms with E-state index in [1.54, 1.807) is 19.2 Å². The van der Waals surface area contributed by atoms with Gasteiger partial charge >= 0.3 is 0 Å². The van der Waals surface area contributed by atoms with Crippen molar-refractivity contribution >= 4 is 0 Å². The minimum atomic E-state index is -0.451. The molecule has 98 valence electrons. The highest BCUT2D eigenvalue weighted by atomic mass is 19.1. The number of methoxy groups -OCH3 is 1. The molecule has 0 heterocycles. The molecule has 0 amide bonds. The van der Waals surface area contributed by atoms with Gasteiger partial charge in [-0.05, 0) is 6.07 Å². The predicted octanol–water partition coefficient (Wildman–Crippen LogP) is 1.45. The van der Waals surface area contributed by atoms with Crippen molar-refractivity contribution in [3.63, 3.8) is 0 Å². The summed E-state index contributed by atoms with van der Waals surface area (Å²) in [4.78, 5) is 0. The number of nitrogens with zero attached hydrogens (tertiary/aromatic N) is 1. The summed E-state index contributed by atoms with van der Waals surface area (Å²) in [5.74, 6) is -0.451. The molecule has 1 aromatic rings. The normalized spacial score (nSPS) is 10.3. The molecule has 0 aliphatic rings. The van der Waals surface area contributed by atoms with Gasteiger partial charge in [-0.3, -0.25) is 0 Å². The minimum absolute atomic E-state index is 0.0747. The highest BCUT2D eigenvalue weighted by Gasteiger charge is 2.06. The van der Waals surface area contributed by atoms with Crippen LogP contribution in [0.1, 0.15) is 11.1 Å². The first-order chi connectivity index (χ1) is 8.79. The summed E-state index contributed by atoms with van der Waals surface area (Å²) < 4.78 is 23.7. The Kier molecular flexibility index (Phi) is 6.96.